The van der Waals surface area contributed by atoms with Crippen LogP contribution in [0.15, 0.2) is 24.3 Å². The number of piperazine rings is 1. The summed E-state index contributed by atoms with van der Waals surface area (Å²) < 4.78 is 0. The Balaban J connectivity index is 1.89. The molecule has 138 valence electrons. The first kappa shape index (κ1) is 19.1. The van der Waals surface area contributed by atoms with E-state index in [0.717, 1.165) is 38.4 Å². The van der Waals surface area contributed by atoms with Crippen molar-refractivity contribution in [2.45, 2.75) is 26.8 Å². The molecule has 1 fully saturated rings. The summed E-state index contributed by atoms with van der Waals surface area (Å²) >= 11 is 0. The van der Waals surface area contributed by atoms with Gasteiger partial charge in [-0.1, -0.05) is 20.8 Å². The summed E-state index contributed by atoms with van der Waals surface area (Å²) in [6.07, 6.45) is 0. The molecule has 1 saturated heterocycles. The number of hydrogen-bond acceptors (Lipinski definition) is 4. The van der Waals surface area contributed by atoms with Gasteiger partial charge in [-0.15, -0.1) is 0 Å². The molecule has 2 rings (SSSR count). The highest BCUT2D eigenvalue weighted by molar-refractivity contribution is 5.92. The highest BCUT2D eigenvalue weighted by Gasteiger charge is 2.23. The molecule has 7 heteroatoms. The van der Waals surface area contributed by atoms with Crippen molar-refractivity contribution in [2.75, 3.05) is 42.9 Å². The Morgan fingerprint density at radius 2 is 1.72 bits per heavy atom. The van der Waals surface area contributed by atoms with Crippen molar-refractivity contribution in [1.29, 1.82) is 0 Å². The summed E-state index contributed by atoms with van der Waals surface area (Å²) in [4.78, 5) is 27.9. The lowest BCUT2D eigenvalue weighted by Gasteiger charge is -2.35. The average molecular weight is 348 g/mol. The monoisotopic (exact) mass is 348 g/mol. The molecule has 7 nitrogen and oxygen atoms in total. The van der Waals surface area contributed by atoms with Gasteiger partial charge in [0, 0.05) is 37.6 Å². The van der Waals surface area contributed by atoms with Crippen molar-refractivity contribution in [2.24, 2.45) is 5.92 Å². The van der Waals surface area contributed by atoms with Crippen molar-refractivity contribution in [3.05, 3.63) is 24.3 Å². The molecule has 1 aromatic rings. The minimum Gasteiger partial charge on any atom is -0.480 e. The molecule has 25 heavy (non-hydrogen) atoms. The van der Waals surface area contributed by atoms with Crippen LogP contribution in [0.1, 0.15) is 20.8 Å². The summed E-state index contributed by atoms with van der Waals surface area (Å²) in [6, 6.07) is 6.22. The molecule has 1 aliphatic rings. The molecule has 1 heterocycles. The van der Waals surface area contributed by atoms with Crippen molar-refractivity contribution in [3.8, 4) is 0 Å². The van der Waals surface area contributed by atoms with Crippen LogP contribution in [0.3, 0.4) is 0 Å². The number of hydrogen-bond donors (Lipinski definition) is 3. The number of anilines is 2. The SMILES string of the molecule is CCN1CCN(c2ccc(NC(=O)NC(C(=O)O)C(C)C)cc2)CC1. The number of nitrogens with one attached hydrogen (secondary N) is 2. The Bertz CT molecular complexity index is 580. The van der Waals surface area contributed by atoms with E-state index in [2.05, 4.69) is 27.4 Å². The number of nitrogens with zero attached hydrogens (tertiary/aromatic N) is 2. The van der Waals surface area contributed by atoms with E-state index in [9.17, 15) is 9.59 Å². The van der Waals surface area contributed by atoms with Crippen molar-refractivity contribution in [1.82, 2.24) is 10.2 Å². The number of likely N-dealkylation sites (N-methyl/N-ethyl adjacent to an activating group) is 1. The second-order valence-corrected chi connectivity index (χ2v) is 6.63. The van der Waals surface area contributed by atoms with E-state index in [1.165, 1.54) is 0 Å². The van der Waals surface area contributed by atoms with Crippen LogP contribution in [-0.2, 0) is 4.79 Å². The Morgan fingerprint density at radius 1 is 1.12 bits per heavy atom. The molecule has 0 bridgehead atoms. The topological polar surface area (TPSA) is 84.9 Å². The minimum absolute atomic E-state index is 0.188. The predicted octanol–water partition coefficient (Wildman–Crippen LogP) is 2.06. The first-order valence-electron chi connectivity index (χ1n) is 8.78. The van der Waals surface area contributed by atoms with Crippen LogP contribution < -0.4 is 15.5 Å². The Morgan fingerprint density at radius 3 is 2.20 bits per heavy atom. The first-order valence-corrected chi connectivity index (χ1v) is 8.78. The number of urea groups is 1. The molecular weight excluding hydrogens is 320 g/mol. The molecule has 1 aliphatic heterocycles. The number of carboxylic acid groups (broad SMARTS) is 1. The summed E-state index contributed by atoms with van der Waals surface area (Å²) in [7, 11) is 0. The van der Waals surface area contributed by atoms with Crippen LogP contribution in [0.25, 0.3) is 0 Å². The van der Waals surface area contributed by atoms with E-state index in [4.69, 9.17) is 5.11 Å². The number of rotatable bonds is 6. The van der Waals surface area contributed by atoms with Crippen molar-refractivity contribution in [3.63, 3.8) is 0 Å². The third-order valence-corrected chi connectivity index (χ3v) is 4.53. The molecule has 0 spiro atoms. The zero-order valence-electron chi connectivity index (χ0n) is 15.2. The lowest BCUT2D eigenvalue weighted by molar-refractivity contribution is -0.140. The van der Waals surface area contributed by atoms with Gasteiger partial charge in [0.15, 0.2) is 0 Å². The number of carbonyl (C=O) groups is 2. The molecule has 0 radical (unpaired) electrons. The summed E-state index contributed by atoms with van der Waals surface area (Å²) in [6.45, 7) is 10.9. The normalized spacial score (nSPS) is 16.6. The molecule has 1 aromatic carbocycles. The highest BCUT2D eigenvalue weighted by atomic mass is 16.4. The van der Waals surface area contributed by atoms with Gasteiger partial charge < -0.3 is 25.5 Å². The van der Waals surface area contributed by atoms with Gasteiger partial charge in [0.05, 0.1) is 0 Å². The summed E-state index contributed by atoms with van der Waals surface area (Å²) in [5.41, 5.74) is 1.77. The fourth-order valence-electron chi connectivity index (χ4n) is 2.90. The van der Waals surface area contributed by atoms with Crippen LogP contribution in [0.2, 0.25) is 0 Å². The van der Waals surface area contributed by atoms with E-state index >= 15 is 0 Å². The Hall–Kier alpha value is -2.28. The molecule has 0 saturated carbocycles. The quantitative estimate of drug-likeness (QED) is 0.733. The van der Waals surface area contributed by atoms with Crippen molar-refractivity contribution < 1.29 is 14.7 Å². The maximum Gasteiger partial charge on any atom is 0.326 e. The van der Waals surface area contributed by atoms with Crippen LogP contribution >= 0.6 is 0 Å². The van der Waals surface area contributed by atoms with Crippen LogP contribution in [0.5, 0.6) is 0 Å². The van der Waals surface area contributed by atoms with E-state index in [1.807, 2.05) is 24.3 Å². The predicted molar refractivity (Wildman–Crippen MR) is 99.2 cm³/mol. The Labute approximate surface area is 149 Å². The van der Waals surface area contributed by atoms with Crippen LogP contribution in [0.4, 0.5) is 16.2 Å². The molecule has 2 amide bonds. The average Bonchev–Trinajstić information content (AvgIpc) is 2.60. The van der Waals surface area contributed by atoms with Crippen LogP contribution in [-0.4, -0.2) is 60.8 Å². The number of carbonyl (C=O) groups excluding carboxylic acids is 1. The van der Waals surface area contributed by atoms with E-state index in [1.54, 1.807) is 13.8 Å². The number of benzene rings is 1. The largest absolute Gasteiger partial charge is 0.480 e. The fraction of sp³-hybridized carbons (Fsp3) is 0.556. The van der Waals surface area contributed by atoms with Gasteiger partial charge in [-0.05, 0) is 36.7 Å². The standard InChI is InChI=1S/C18H28N4O3/c1-4-21-9-11-22(12-10-21)15-7-5-14(6-8-15)19-18(25)20-16(13(2)3)17(23)24/h5-8,13,16H,4,9-12H2,1-3H3,(H,23,24)(H2,19,20,25). The summed E-state index contributed by atoms with van der Waals surface area (Å²) in [5.74, 6) is -1.22. The first-order chi connectivity index (χ1) is 11.9. The number of aliphatic carboxylic acids is 1. The molecule has 0 aromatic heterocycles. The second kappa shape index (κ2) is 8.71. The lowest BCUT2D eigenvalue weighted by atomic mass is 10.1. The Kier molecular flexibility index (Phi) is 6.64. The maximum absolute atomic E-state index is 12.0. The minimum atomic E-state index is -1.04. The van der Waals surface area contributed by atoms with Gasteiger partial charge in [0.25, 0.3) is 0 Å². The molecular formula is C18H28N4O3. The van der Waals surface area contributed by atoms with E-state index in [-0.39, 0.29) is 5.92 Å². The number of amides is 2. The van der Waals surface area contributed by atoms with Gasteiger partial charge in [0.2, 0.25) is 0 Å². The van der Waals surface area contributed by atoms with Crippen LogP contribution in [0, 0.1) is 5.92 Å². The smallest absolute Gasteiger partial charge is 0.326 e. The molecule has 0 aliphatic carbocycles. The zero-order chi connectivity index (χ0) is 18.4. The van der Waals surface area contributed by atoms with Gasteiger partial charge in [-0.25, -0.2) is 9.59 Å². The van der Waals surface area contributed by atoms with Gasteiger partial charge in [-0.3, -0.25) is 0 Å². The van der Waals surface area contributed by atoms with Gasteiger partial charge >= 0.3 is 12.0 Å². The number of carboxylic acids is 1. The van der Waals surface area contributed by atoms with Crippen molar-refractivity contribution >= 4 is 23.4 Å². The van der Waals surface area contributed by atoms with Gasteiger partial charge in [-0.2, -0.15) is 0 Å². The molecule has 1 atom stereocenters. The van der Waals surface area contributed by atoms with E-state index in [0.29, 0.717) is 5.69 Å². The molecule has 3 N–H and O–H groups in total. The highest BCUT2D eigenvalue weighted by Crippen LogP contribution is 2.19. The maximum atomic E-state index is 12.0. The third-order valence-electron chi connectivity index (χ3n) is 4.53. The summed E-state index contributed by atoms with van der Waals surface area (Å²) in [5, 5.41) is 14.3. The third kappa shape index (κ3) is 5.35. The van der Waals surface area contributed by atoms with E-state index < -0.39 is 18.0 Å². The zero-order valence-corrected chi connectivity index (χ0v) is 15.2. The van der Waals surface area contributed by atoms with Gasteiger partial charge in [0.1, 0.15) is 6.04 Å². The lowest BCUT2D eigenvalue weighted by Crippen LogP contribution is -2.46. The fourth-order valence-corrected chi connectivity index (χ4v) is 2.90. The second-order valence-electron chi connectivity index (χ2n) is 6.63. The molecule has 1 unspecified atom stereocenters.